The molecule has 0 saturated heterocycles. The minimum Gasteiger partial charge on any atom is -0.409 e. The number of aryl methyl sites for hydroxylation is 1. The number of nitrogens with zero attached hydrogens (tertiary/aromatic N) is 4. The molecule has 0 amide bonds. The van der Waals surface area contributed by atoms with Gasteiger partial charge in [-0.2, -0.15) is 0 Å². The van der Waals surface area contributed by atoms with Gasteiger partial charge in [-0.3, -0.25) is 0 Å². The molecule has 0 radical (unpaired) electrons. The third kappa shape index (κ3) is 2.57. The number of aromatic nitrogens is 3. The molecule has 0 aliphatic carbocycles. The van der Waals surface area contributed by atoms with Crippen molar-refractivity contribution in [1.29, 1.82) is 0 Å². The fourth-order valence-corrected chi connectivity index (χ4v) is 2.28. The highest BCUT2D eigenvalue weighted by molar-refractivity contribution is 7.99. The van der Waals surface area contributed by atoms with E-state index in [0.29, 0.717) is 11.0 Å². The van der Waals surface area contributed by atoms with E-state index in [0.717, 1.165) is 23.9 Å². The van der Waals surface area contributed by atoms with Crippen LogP contribution in [0.4, 0.5) is 8.78 Å². The van der Waals surface area contributed by atoms with Gasteiger partial charge in [0.15, 0.2) is 11.0 Å². The molecule has 106 valence electrons. The average Bonchev–Trinajstić information content (AvgIpc) is 2.73. The molecule has 2 aromatic rings. The Morgan fingerprint density at radius 3 is 2.40 bits per heavy atom. The summed E-state index contributed by atoms with van der Waals surface area (Å²) < 4.78 is 29.5. The SMILES string of the molecule is Cc1nnc(Sc2c(F)cc(C(N)=NO)cc2F)n1C. The maximum Gasteiger partial charge on any atom is 0.195 e. The van der Waals surface area contributed by atoms with Crippen molar-refractivity contribution in [3.8, 4) is 0 Å². The lowest BCUT2D eigenvalue weighted by atomic mass is 10.2. The van der Waals surface area contributed by atoms with Crippen molar-refractivity contribution in [1.82, 2.24) is 14.8 Å². The van der Waals surface area contributed by atoms with Gasteiger partial charge in [-0.25, -0.2) is 8.78 Å². The summed E-state index contributed by atoms with van der Waals surface area (Å²) in [6, 6.07) is 1.98. The van der Waals surface area contributed by atoms with Gasteiger partial charge in [-0.05, 0) is 30.8 Å². The van der Waals surface area contributed by atoms with E-state index in [1.807, 2.05) is 0 Å². The van der Waals surface area contributed by atoms with Gasteiger partial charge >= 0.3 is 0 Å². The van der Waals surface area contributed by atoms with Gasteiger partial charge in [-0.15, -0.1) is 10.2 Å². The normalized spacial score (nSPS) is 11.9. The van der Waals surface area contributed by atoms with Crippen LogP contribution in [-0.4, -0.2) is 25.8 Å². The number of nitrogens with two attached hydrogens (primary N) is 1. The Morgan fingerprint density at radius 1 is 1.35 bits per heavy atom. The Hall–Kier alpha value is -2.16. The zero-order valence-electron chi connectivity index (χ0n) is 10.6. The van der Waals surface area contributed by atoms with Crippen molar-refractivity contribution < 1.29 is 14.0 Å². The lowest BCUT2D eigenvalue weighted by Crippen LogP contribution is -2.14. The van der Waals surface area contributed by atoms with Crippen LogP contribution in [-0.2, 0) is 7.05 Å². The summed E-state index contributed by atoms with van der Waals surface area (Å²) in [6.07, 6.45) is 0. The van der Waals surface area contributed by atoms with E-state index in [1.54, 1.807) is 18.5 Å². The van der Waals surface area contributed by atoms with Crippen molar-refractivity contribution in [2.45, 2.75) is 17.0 Å². The number of hydrogen-bond acceptors (Lipinski definition) is 5. The zero-order chi connectivity index (χ0) is 14.9. The first kappa shape index (κ1) is 14.3. The van der Waals surface area contributed by atoms with E-state index in [1.165, 1.54) is 0 Å². The fraction of sp³-hybridized carbons (Fsp3) is 0.182. The largest absolute Gasteiger partial charge is 0.409 e. The molecule has 9 heteroatoms. The molecule has 0 bridgehead atoms. The zero-order valence-corrected chi connectivity index (χ0v) is 11.4. The molecular weight excluding hydrogens is 288 g/mol. The highest BCUT2D eigenvalue weighted by Crippen LogP contribution is 2.31. The third-order valence-electron chi connectivity index (χ3n) is 2.65. The molecule has 20 heavy (non-hydrogen) atoms. The van der Waals surface area contributed by atoms with Gasteiger partial charge in [0.1, 0.15) is 17.5 Å². The lowest BCUT2D eigenvalue weighted by molar-refractivity contribution is 0.318. The second kappa shape index (κ2) is 5.45. The van der Waals surface area contributed by atoms with Gasteiger partial charge in [0.25, 0.3) is 0 Å². The van der Waals surface area contributed by atoms with Gasteiger partial charge in [0.2, 0.25) is 0 Å². The molecule has 1 aromatic carbocycles. The Bertz CT molecular complexity index is 662. The monoisotopic (exact) mass is 299 g/mol. The third-order valence-corrected chi connectivity index (χ3v) is 3.78. The standard InChI is InChI=1S/C11H11F2N5OS/c1-5-15-16-11(18(5)2)20-9-7(12)3-6(4-8(9)13)10(14)17-19/h3-4,19H,1-2H3,(H2,14,17). The first-order valence-electron chi connectivity index (χ1n) is 5.44. The molecule has 1 heterocycles. The molecule has 0 aliphatic heterocycles. The Labute approximate surface area is 117 Å². The number of amidine groups is 1. The molecule has 6 nitrogen and oxygen atoms in total. The first-order valence-corrected chi connectivity index (χ1v) is 6.26. The maximum absolute atomic E-state index is 13.9. The van der Waals surface area contributed by atoms with Crippen molar-refractivity contribution in [3.63, 3.8) is 0 Å². The van der Waals surface area contributed by atoms with Crippen LogP contribution in [0.15, 0.2) is 27.3 Å². The first-order chi connectivity index (χ1) is 9.43. The number of rotatable bonds is 3. The fourth-order valence-electron chi connectivity index (χ4n) is 1.43. The van der Waals surface area contributed by atoms with Crippen LogP contribution in [0.2, 0.25) is 0 Å². The van der Waals surface area contributed by atoms with E-state index >= 15 is 0 Å². The van der Waals surface area contributed by atoms with E-state index in [4.69, 9.17) is 10.9 Å². The van der Waals surface area contributed by atoms with Crippen LogP contribution >= 0.6 is 11.8 Å². The van der Waals surface area contributed by atoms with E-state index in [-0.39, 0.29) is 16.3 Å². The number of hydrogen-bond donors (Lipinski definition) is 2. The maximum atomic E-state index is 13.9. The minimum absolute atomic E-state index is 0.0407. The summed E-state index contributed by atoms with van der Waals surface area (Å²) in [5, 5.41) is 19.2. The second-order valence-electron chi connectivity index (χ2n) is 3.95. The second-order valence-corrected chi connectivity index (χ2v) is 4.92. The summed E-state index contributed by atoms with van der Waals surface area (Å²) in [7, 11) is 1.69. The lowest BCUT2D eigenvalue weighted by Gasteiger charge is -2.07. The van der Waals surface area contributed by atoms with Crippen molar-refractivity contribution in [2.24, 2.45) is 17.9 Å². The molecule has 0 atom stereocenters. The molecule has 0 unspecified atom stereocenters. The average molecular weight is 299 g/mol. The summed E-state index contributed by atoms with van der Waals surface area (Å²) in [6.45, 7) is 1.73. The minimum atomic E-state index is -0.822. The summed E-state index contributed by atoms with van der Waals surface area (Å²) in [4.78, 5) is -0.227. The van der Waals surface area contributed by atoms with Crippen molar-refractivity contribution >= 4 is 17.6 Å². The predicted molar refractivity (Wildman–Crippen MR) is 68.7 cm³/mol. The van der Waals surface area contributed by atoms with Gasteiger partial charge in [0, 0.05) is 12.6 Å². The molecule has 3 N–H and O–H groups in total. The summed E-state index contributed by atoms with van der Waals surface area (Å²) in [5.74, 6) is -1.38. The highest BCUT2D eigenvalue weighted by atomic mass is 32.2. The Balaban J connectivity index is 2.41. The number of halogens is 2. The van der Waals surface area contributed by atoms with Crippen LogP contribution < -0.4 is 5.73 Å². The van der Waals surface area contributed by atoms with Crippen LogP contribution in [0.3, 0.4) is 0 Å². The van der Waals surface area contributed by atoms with Crippen LogP contribution in [0.25, 0.3) is 0 Å². The van der Waals surface area contributed by atoms with E-state index < -0.39 is 11.6 Å². The van der Waals surface area contributed by atoms with Crippen molar-refractivity contribution in [2.75, 3.05) is 0 Å². The van der Waals surface area contributed by atoms with Crippen LogP contribution in [0, 0.1) is 18.6 Å². The molecule has 1 aromatic heterocycles. The Kier molecular flexibility index (Phi) is 3.89. The van der Waals surface area contributed by atoms with Crippen LogP contribution in [0.1, 0.15) is 11.4 Å². The Morgan fingerprint density at radius 2 is 1.95 bits per heavy atom. The summed E-state index contributed by atoms with van der Waals surface area (Å²) >= 11 is 0.812. The van der Waals surface area contributed by atoms with Crippen LogP contribution in [0.5, 0.6) is 0 Å². The quantitative estimate of drug-likeness (QED) is 0.389. The molecule has 0 spiro atoms. The van der Waals surface area contributed by atoms with E-state index in [9.17, 15) is 8.78 Å². The number of benzene rings is 1. The molecular formula is C11H11F2N5OS. The smallest absolute Gasteiger partial charge is 0.195 e. The van der Waals surface area contributed by atoms with E-state index in [2.05, 4.69) is 15.4 Å². The number of oxime groups is 1. The summed E-state index contributed by atoms with van der Waals surface area (Å²) in [5.41, 5.74) is 5.25. The molecule has 0 saturated carbocycles. The van der Waals surface area contributed by atoms with Gasteiger partial charge in [0.05, 0.1) is 4.90 Å². The molecule has 0 aliphatic rings. The topological polar surface area (TPSA) is 89.3 Å². The molecule has 0 fully saturated rings. The molecule has 2 rings (SSSR count). The predicted octanol–water partition coefficient (Wildman–Crippen LogP) is 1.65. The highest BCUT2D eigenvalue weighted by Gasteiger charge is 2.17. The van der Waals surface area contributed by atoms with Crippen molar-refractivity contribution in [3.05, 3.63) is 35.2 Å². The van der Waals surface area contributed by atoms with Gasteiger partial charge < -0.3 is 15.5 Å². The van der Waals surface area contributed by atoms with Gasteiger partial charge in [-0.1, -0.05) is 5.16 Å².